The molecule has 1 aromatic heterocycles. The summed E-state index contributed by atoms with van der Waals surface area (Å²) < 4.78 is 0.740. The molecule has 1 aromatic carbocycles. The molecule has 0 bridgehead atoms. The van der Waals surface area contributed by atoms with E-state index in [1.807, 2.05) is 29.2 Å². The molecule has 6 nitrogen and oxygen atoms in total. The van der Waals surface area contributed by atoms with Gasteiger partial charge < -0.3 is 15.1 Å². The number of rotatable bonds is 11. The number of thioether (sulfide) groups is 1. The molecule has 0 spiro atoms. The van der Waals surface area contributed by atoms with Gasteiger partial charge in [0, 0.05) is 23.9 Å². The summed E-state index contributed by atoms with van der Waals surface area (Å²) in [6.07, 6.45) is 7.13. The fourth-order valence-electron chi connectivity index (χ4n) is 3.69. The Morgan fingerprint density at radius 1 is 1.33 bits per heavy atom. The zero-order chi connectivity index (χ0) is 21.5. The lowest BCUT2D eigenvalue weighted by molar-refractivity contribution is -0.117. The van der Waals surface area contributed by atoms with Gasteiger partial charge in [0.15, 0.2) is 4.34 Å². The van der Waals surface area contributed by atoms with Gasteiger partial charge in [-0.05, 0) is 37.0 Å². The maximum absolute atomic E-state index is 12.5. The van der Waals surface area contributed by atoms with Gasteiger partial charge in [-0.2, -0.15) is 0 Å². The first-order valence-electron chi connectivity index (χ1n) is 10.4. The van der Waals surface area contributed by atoms with E-state index in [1.54, 1.807) is 0 Å². The molecular weight excluding hydrogens is 420 g/mol. The van der Waals surface area contributed by atoms with Crippen LogP contribution in [0.15, 0.2) is 34.8 Å². The number of amides is 1. The number of benzene rings is 1. The first-order valence-corrected chi connectivity index (χ1v) is 12.2. The van der Waals surface area contributed by atoms with Crippen molar-refractivity contribution >= 4 is 40.7 Å². The van der Waals surface area contributed by atoms with E-state index >= 15 is 0 Å². The lowest BCUT2D eigenvalue weighted by atomic mass is 10.0. The number of aliphatic hydroxyl groups is 1. The number of carboxylic acid groups (broad SMARTS) is 1. The van der Waals surface area contributed by atoms with Crippen molar-refractivity contribution in [3.63, 3.8) is 0 Å². The molecule has 0 aliphatic carbocycles. The average Bonchev–Trinajstić information content (AvgIpc) is 3.35. The van der Waals surface area contributed by atoms with E-state index in [-0.39, 0.29) is 16.8 Å². The molecule has 2 atom stereocenters. The van der Waals surface area contributed by atoms with Crippen LogP contribution in [-0.4, -0.2) is 38.9 Å². The summed E-state index contributed by atoms with van der Waals surface area (Å²) in [6.45, 7) is 2.15. The van der Waals surface area contributed by atoms with E-state index < -0.39 is 12.1 Å². The third kappa shape index (κ3) is 5.83. The second-order valence-corrected chi connectivity index (χ2v) is 9.86. The summed E-state index contributed by atoms with van der Waals surface area (Å²) in [6, 6.07) is 7.84. The number of thiazole rings is 1. The van der Waals surface area contributed by atoms with Crippen LogP contribution in [0.3, 0.4) is 0 Å². The Kier molecular flexibility index (Phi) is 8.30. The molecule has 1 saturated heterocycles. The Hall–Kier alpha value is -1.90. The molecule has 30 heavy (non-hydrogen) atoms. The minimum Gasteiger partial charge on any atom is -0.477 e. The van der Waals surface area contributed by atoms with Crippen LogP contribution < -0.4 is 4.90 Å². The summed E-state index contributed by atoms with van der Waals surface area (Å²) in [7, 11) is 0. The number of aliphatic hydroxyl groups excluding tert-OH is 1. The number of anilines is 1. The van der Waals surface area contributed by atoms with Crippen LogP contribution in [-0.2, 0) is 4.79 Å². The molecule has 1 aliphatic rings. The minimum absolute atomic E-state index is 0.128. The highest BCUT2D eigenvalue weighted by Crippen LogP contribution is 2.32. The average molecular weight is 449 g/mol. The molecule has 3 rings (SSSR count). The van der Waals surface area contributed by atoms with Crippen molar-refractivity contribution in [3.05, 3.63) is 40.9 Å². The molecule has 2 heterocycles. The van der Waals surface area contributed by atoms with Crippen molar-refractivity contribution < 1.29 is 19.8 Å². The van der Waals surface area contributed by atoms with Gasteiger partial charge >= 0.3 is 5.97 Å². The van der Waals surface area contributed by atoms with Gasteiger partial charge in [-0.1, -0.05) is 50.1 Å². The Bertz CT molecular complexity index is 853. The van der Waals surface area contributed by atoms with Gasteiger partial charge in [-0.15, -0.1) is 11.3 Å². The zero-order valence-electron chi connectivity index (χ0n) is 17.1. The lowest BCUT2D eigenvalue weighted by Crippen LogP contribution is -2.33. The van der Waals surface area contributed by atoms with Gasteiger partial charge in [0.25, 0.3) is 0 Å². The summed E-state index contributed by atoms with van der Waals surface area (Å²) in [5, 5.41) is 19.3. The van der Waals surface area contributed by atoms with Crippen molar-refractivity contribution in [3.8, 4) is 0 Å². The van der Waals surface area contributed by atoms with E-state index in [2.05, 4.69) is 11.9 Å². The third-order valence-corrected chi connectivity index (χ3v) is 7.51. The Labute approximate surface area is 185 Å². The SMILES string of the molecule is CCCCCC(O)c1ccc(N2C(=O)CCC2CCSc2ncc(C(=O)O)s2)cc1. The van der Waals surface area contributed by atoms with Crippen molar-refractivity contribution in [2.45, 2.75) is 68.4 Å². The zero-order valence-corrected chi connectivity index (χ0v) is 18.8. The largest absolute Gasteiger partial charge is 0.477 e. The Balaban J connectivity index is 1.56. The van der Waals surface area contributed by atoms with E-state index in [4.69, 9.17) is 5.11 Å². The number of carbonyl (C=O) groups is 2. The predicted octanol–water partition coefficient (Wildman–Crippen LogP) is 5.13. The molecular formula is C22H28N2O4S2. The van der Waals surface area contributed by atoms with Crippen LogP contribution in [0.4, 0.5) is 5.69 Å². The monoisotopic (exact) mass is 448 g/mol. The first-order chi connectivity index (χ1) is 14.5. The number of unbranched alkanes of at least 4 members (excludes halogenated alkanes) is 2. The minimum atomic E-state index is -0.953. The highest BCUT2D eigenvalue weighted by molar-refractivity contribution is 8.01. The molecule has 8 heteroatoms. The maximum Gasteiger partial charge on any atom is 0.347 e. The van der Waals surface area contributed by atoms with Gasteiger partial charge in [0.1, 0.15) is 4.88 Å². The molecule has 0 saturated carbocycles. The van der Waals surface area contributed by atoms with Crippen LogP contribution in [0, 0.1) is 0 Å². The van der Waals surface area contributed by atoms with Gasteiger partial charge in [0.05, 0.1) is 12.3 Å². The van der Waals surface area contributed by atoms with Crippen molar-refractivity contribution in [2.75, 3.05) is 10.7 Å². The normalized spacial score (nSPS) is 17.5. The number of carbonyl (C=O) groups excluding carboxylic acids is 1. The van der Waals surface area contributed by atoms with Gasteiger partial charge in [-0.3, -0.25) is 4.79 Å². The van der Waals surface area contributed by atoms with Gasteiger partial charge in [-0.25, -0.2) is 9.78 Å². The summed E-state index contributed by atoms with van der Waals surface area (Å²) >= 11 is 2.71. The molecule has 162 valence electrons. The van der Waals surface area contributed by atoms with Crippen molar-refractivity contribution in [2.24, 2.45) is 0 Å². The Morgan fingerprint density at radius 2 is 2.10 bits per heavy atom. The van der Waals surface area contributed by atoms with Crippen LogP contribution in [0.25, 0.3) is 0 Å². The molecule has 2 unspecified atom stereocenters. The molecule has 2 N–H and O–H groups in total. The number of aromatic carboxylic acids is 1. The maximum atomic E-state index is 12.5. The molecule has 0 radical (unpaired) electrons. The van der Waals surface area contributed by atoms with E-state index in [9.17, 15) is 14.7 Å². The quantitative estimate of drug-likeness (QED) is 0.366. The smallest absolute Gasteiger partial charge is 0.347 e. The fraction of sp³-hybridized carbons (Fsp3) is 0.500. The van der Waals surface area contributed by atoms with E-state index in [1.165, 1.54) is 29.3 Å². The lowest BCUT2D eigenvalue weighted by Gasteiger charge is -2.25. The number of nitrogens with zero attached hydrogens (tertiary/aromatic N) is 2. The standard InChI is InChI=1S/C22H28N2O4S2/c1-2-3-4-5-18(25)15-6-8-16(9-7-15)24-17(10-11-20(24)26)12-13-29-22-23-14-19(30-22)21(27)28/h6-9,14,17-18,25H,2-5,10-13H2,1H3,(H,27,28). The fourth-order valence-corrected chi connectivity index (χ4v) is 5.62. The summed E-state index contributed by atoms with van der Waals surface area (Å²) in [5.41, 5.74) is 1.77. The summed E-state index contributed by atoms with van der Waals surface area (Å²) in [5.74, 6) is -0.0515. The topological polar surface area (TPSA) is 90.7 Å². The third-order valence-electron chi connectivity index (χ3n) is 5.33. The van der Waals surface area contributed by atoms with Crippen molar-refractivity contribution in [1.29, 1.82) is 0 Å². The van der Waals surface area contributed by atoms with Crippen LogP contribution in [0.1, 0.15) is 73.2 Å². The number of aromatic nitrogens is 1. The van der Waals surface area contributed by atoms with Crippen LogP contribution in [0.2, 0.25) is 0 Å². The van der Waals surface area contributed by atoms with Crippen LogP contribution in [0.5, 0.6) is 0 Å². The van der Waals surface area contributed by atoms with Gasteiger partial charge in [0.2, 0.25) is 5.91 Å². The van der Waals surface area contributed by atoms with E-state index in [0.717, 1.165) is 59.9 Å². The molecule has 1 amide bonds. The molecule has 1 fully saturated rings. The predicted molar refractivity (Wildman–Crippen MR) is 120 cm³/mol. The second-order valence-electron chi connectivity index (χ2n) is 7.49. The van der Waals surface area contributed by atoms with Crippen LogP contribution >= 0.6 is 23.1 Å². The Morgan fingerprint density at radius 3 is 2.77 bits per heavy atom. The molecule has 2 aromatic rings. The molecule has 1 aliphatic heterocycles. The first kappa shape index (κ1) is 22.8. The summed E-state index contributed by atoms with van der Waals surface area (Å²) in [4.78, 5) is 29.7. The van der Waals surface area contributed by atoms with E-state index in [0.29, 0.717) is 6.42 Å². The highest BCUT2D eigenvalue weighted by Gasteiger charge is 2.31. The number of hydrogen-bond donors (Lipinski definition) is 2. The second kappa shape index (κ2) is 10.9. The number of carboxylic acids is 1. The number of hydrogen-bond acceptors (Lipinski definition) is 6. The highest BCUT2D eigenvalue weighted by atomic mass is 32.2. The van der Waals surface area contributed by atoms with Crippen molar-refractivity contribution in [1.82, 2.24) is 4.98 Å².